The fourth-order valence-corrected chi connectivity index (χ4v) is 3.72. The van der Waals surface area contributed by atoms with E-state index in [1.807, 2.05) is 13.8 Å². The summed E-state index contributed by atoms with van der Waals surface area (Å²) in [6.45, 7) is 4.81. The van der Waals surface area contributed by atoms with Crippen molar-refractivity contribution in [3.63, 3.8) is 0 Å². The van der Waals surface area contributed by atoms with E-state index >= 15 is 0 Å². The molecule has 0 N–H and O–H groups in total. The van der Waals surface area contributed by atoms with Crippen LogP contribution in [0.25, 0.3) is 0 Å². The van der Waals surface area contributed by atoms with E-state index in [1.54, 1.807) is 0 Å². The van der Waals surface area contributed by atoms with E-state index in [-0.39, 0.29) is 7.69 Å². The second kappa shape index (κ2) is 7.29. The van der Waals surface area contributed by atoms with Crippen molar-refractivity contribution in [2.24, 2.45) is 0 Å². The number of hydrogen-bond donors (Lipinski definition) is 0. The zero-order chi connectivity index (χ0) is 19.0. The third-order valence-corrected chi connectivity index (χ3v) is 5.21. The van der Waals surface area contributed by atoms with Gasteiger partial charge in [-0.2, -0.15) is 0 Å². The lowest BCUT2D eigenvalue weighted by atomic mass is 9.99. The molecule has 4 rings (SSSR count). The van der Waals surface area contributed by atoms with Crippen LogP contribution in [0.1, 0.15) is 35.1 Å². The molecular weight excluding hydrogens is 353 g/mol. The fourth-order valence-electron chi connectivity index (χ4n) is 3.72. The molecule has 0 unspecified atom stereocenters. The summed E-state index contributed by atoms with van der Waals surface area (Å²) in [6.07, 6.45) is 3.21. The maximum absolute atomic E-state index is 14.3. The molecule has 7 heteroatoms. The average molecular weight is 374 g/mol. The fraction of sp³-hybridized carbons (Fsp3) is 0.400. The maximum atomic E-state index is 14.3. The lowest BCUT2D eigenvalue weighted by Crippen LogP contribution is -2.17. The van der Waals surface area contributed by atoms with Crippen LogP contribution < -0.4 is 18.8 Å². The van der Waals surface area contributed by atoms with Crippen LogP contribution in [0.15, 0.2) is 12.1 Å². The van der Waals surface area contributed by atoms with Crippen molar-refractivity contribution in [3.8, 4) is 23.0 Å². The normalized spacial score (nSPS) is 15.1. The molecule has 0 bridgehead atoms. The second-order valence-corrected chi connectivity index (χ2v) is 6.89. The molecule has 4 nitrogen and oxygen atoms in total. The summed E-state index contributed by atoms with van der Waals surface area (Å²) < 4.78 is 50.7. The molecule has 27 heavy (non-hydrogen) atoms. The molecule has 2 aliphatic heterocycles. The summed E-state index contributed by atoms with van der Waals surface area (Å²) in [4.78, 5) is 0. The van der Waals surface area contributed by atoms with Gasteiger partial charge in [-0.3, -0.25) is 0 Å². The Morgan fingerprint density at radius 3 is 1.70 bits per heavy atom. The van der Waals surface area contributed by atoms with Crippen molar-refractivity contribution in [3.05, 3.63) is 46.0 Å². The molecule has 2 aliphatic rings. The smallest absolute Gasteiger partial charge is 0.528 e. The van der Waals surface area contributed by atoms with Gasteiger partial charge in [0.15, 0.2) is 23.1 Å². The van der Waals surface area contributed by atoms with Crippen LogP contribution in [0.3, 0.4) is 0 Å². The van der Waals surface area contributed by atoms with Crippen LogP contribution in [0.5, 0.6) is 23.0 Å². The number of rotatable bonds is 4. The van der Waals surface area contributed by atoms with Gasteiger partial charge in [-0.1, -0.05) is 0 Å². The SMILES string of the molecule is Cc1c(OBOc2cc(F)c3c(c2C)CCCO3)cc(F)c2c1CCCO2. The van der Waals surface area contributed by atoms with E-state index in [0.29, 0.717) is 36.2 Å². The van der Waals surface area contributed by atoms with E-state index in [1.165, 1.54) is 12.1 Å². The molecule has 2 aromatic rings. The van der Waals surface area contributed by atoms with Crippen molar-refractivity contribution in [2.45, 2.75) is 39.5 Å². The molecule has 0 aliphatic carbocycles. The van der Waals surface area contributed by atoms with Gasteiger partial charge in [-0.15, -0.1) is 0 Å². The molecule has 0 atom stereocenters. The summed E-state index contributed by atoms with van der Waals surface area (Å²) in [7, 11) is -0.139. The van der Waals surface area contributed by atoms with Crippen LogP contribution >= 0.6 is 0 Å². The molecule has 0 aromatic heterocycles. The number of fused-ring (bicyclic) bond motifs is 2. The molecule has 0 spiro atoms. The third-order valence-electron chi connectivity index (χ3n) is 5.21. The van der Waals surface area contributed by atoms with Crippen molar-refractivity contribution >= 4 is 7.69 Å². The van der Waals surface area contributed by atoms with E-state index in [4.69, 9.17) is 18.8 Å². The zero-order valence-electron chi connectivity index (χ0n) is 15.5. The van der Waals surface area contributed by atoms with Gasteiger partial charge in [0.1, 0.15) is 11.5 Å². The topological polar surface area (TPSA) is 36.9 Å². The van der Waals surface area contributed by atoms with E-state index < -0.39 is 11.6 Å². The van der Waals surface area contributed by atoms with Crippen molar-refractivity contribution in [2.75, 3.05) is 13.2 Å². The van der Waals surface area contributed by atoms with Crippen molar-refractivity contribution < 1.29 is 27.6 Å². The van der Waals surface area contributed by atoms with Gasteiger partial charge in [0.2, 0.25) is 0 Å². The first-order valence-corrected chi connectivity index (χ1v) is 9.21. The average Bonchev–Trinajstić information content (AvgIpc) is 2.69. The first kappa shape index (κ1) is 18.0. The zero-order valence-corrected chi connectivity index (χ0v) is 15.5. The third kappa shape index (κ3) is 3.31. The summed E-state index contributed by atoms with van der Waals surface area (Å²) in [6, 6.07) is 2.63. The van der Waals surface area contributed by atoms with Crippen molar-refractivity contribution in [1.29, 1.82) is 0 Å². The van der Waals surface area contributed by atoms with Gasteiger partial charge >= 0.3 is 7.69 Å². The maximum Gasteiger partial charge on any atom is 0.576 e. The van der Waals surface area contributed by atoms with Gasteiger partial charge < -0.3 is 18.8 Å². The van der Waals surface area contributed by atoms with Crippen LogP contribution in [0.4, 0.5) is 8.78 Å². The molecule has 142 valence electrons. The lowest BCUT2D eigenvalue weighted by molar-refractivity contribution is 0.271. The first-order valence-electron chi connectivity index (χ1n) is 9.21. The summed E-state index contributed by atoms with van der Waals surface area (Å²) in [5.74, 6) is 0.600. The van der Waals surface area contributed by atoms with Crippen LogP contribution in [0.2, 0.25) is 0 Å². The highest BCUT2D eigenvalue weighted by molar-refractivity contribution is 6.20. The highest BCUT2D eigenvalue weighted by Gasteiger charge is 2.23. The Morgan fingerprint density at radius 2 is 1.26 bits per heavy atom. The Morgan fingerprint density at radius 1 is 0.815 bits per heavy atom. The lowest BCUT2D eigenvalue weighted by Gasteiger charge is -2.23. The molecule has 0 amide bonds. The molecule has 0 radical (unpaired) electrons. The molecular formula is C20H21BF2O4. The highest BCUT2D eigenvalue weighted by Crippen LogP contribution is 2.37. The Balaban J connectivity index is 1.51. The predicted molar refractivity (Wildman–Crippen MR) is 98.3 cm³/mol. The van der Waals surface area contributed by atoms with Gasteiger partial charge in [0.25, 0.3) is 0 Å². The number of halogens is 2. The van der Waals surface area contributed by atoms with Gasteiger partial charge in [0, 0.05) is 23.3 Å². The number of hydrogen-bond acceptors (Lipinski definition) is 4. The van der Waals surface area contributed by atoms with Gasteiger partial charge in [-0.25, -0.2) is 8.78 Å². The Hall–Kier alpha value is -2.44. The largest absolute Gasteiger partial charge is 0.576 e. The highest BCUT2D eigenvalue weighted by atomic mass is 19.1. The van der Waals surface area contributed by atoms with Crippen LogP contribution in [-0.4, -0.2) is 20.9 Å². The van der Waals surface area contributed by atoms with Crippen LogP contribution in [0, 0.1) is 25.5 Å². The summed E-state index contributed by atoms with van der Waals surface area (Å²) in [5.41, 5.74) is 3.36. The minimum Gasteiger partial charge on any atom is -0.528 e. The Bertz CT molecular complexity index is 814. The quantitative estimate of drug-likeness (QED) is 0.760. The monoisotopic (exact) mass is 374 g/mol. The minimum atomic E-state index is -0.432. The Kier molecular flexibility index (Phi) is 4.85. The van der Waals surface area contributed by atoms with E-state index in [9.17, 15) is 8.78 Å². The molecule has 0 saturated carbocycles. The second-order valence-electron chi connectivity index (χ2n) is 6.89. The molecule has 2 heterocycles. The van der Waals surface area contributed by atoms with Crippen LogP contribution in [-0.2, 0) is 12.8 Å². The molecule has 0 saturated heterocycles. The first-order chi connectivity index (χ1) is 13.1. The predicted octanol–water partition coefficient (Wildman–Crippen LogP) is 3.96. The van der Waals surface area contributed by atoms with Crippen molar-refractivity contribution in [1.82, 2.24) is 0 Å². The standard InChI is InChI=1S/C20H21BF2O4/c1-11-13-5-3-7-24-19(13)15(22)9-17(11)26-21-27-18-10-16(23)20-14(12(18)2)6-4-8-25-20/h9-10,21H,3-8H2,1-2H3. The molecule has 0 fully saturated rings. The van der Waals surface area contributed by atoms with Gasteiger partial charge in [-0.05, 0) is 50.7 Å². The van der Waals surface area contributed by atoms with E-state index in [0.717, 1.165) is 47.9 Å². The summed E-state index contributed by atoms with van der Waals surface area (Å²) >= 11 is 0. The number of ether oxygens (including phenoxy) is 2. The molecule has 2 aromatic carbocycles. The Labute approximate surface area is 157 Å². The number of benzene rings is 2. The van der Waals surface area contributed by atoms with Gasteiger partial charge in [0.05, 0.1) is 13.2 Å². The van der Waals surface area contributed by atoms with E-state index in [2.05, 4.69) is 0 Å². The summed E-state index contributed by atoms with van der Waals surface area (Å²) in [5, 5.41) is 0. The minimum absolute atomic E-state index is 0.139.